The van der Waals surface area contributed by atoms with Crippen molar-refractivity contribution in [1.29, 1.82) is 0 Å². The lowest BCUT2D eigenvalue weighted by Crippen LogP contribution is -2.02. The number of aliphatic hydroxyl groups excluding tert-OH is 1. The Bertz CT molecular complexity index is 502. The van der Waals surface area contributed by atoms with Gasteiger partial charge >= 0.3 is 0 Å². The van der Waals surface area contributed by atoms with Gasteiger partial charge in [-0.15, -0.1) is 0 Å². The first kappa shape index (κ1) is 11.9. The first-order valence-electron chi connectivity index (χ1n) is 5.14. The van der Waals surface area contributed by atoms with Crippen LogP contribution in [0.3, 0.4) is 0 Å². The summed E-state index contributed by atoms with van der Waals surface area (Å²) in [5.41, 5.74) is 1.39. The Balaban J connectivity index is 2.40. The number of rotatable bonds is 3. The monoisotopic (exact) mass is 249 g/mol. The maximum atomic E-state index is 10.2. The van der Waals surface area contributed by atoms with Crippen LogP contribution in [0.1, 0.15) is 17.2 Å². The fourth-order valence-corrected chi connectivity index (χ4v) is 1.79. The third kappa shape index (κ3) is 2.57. The normalized spacial score (nSPS) is 12.2. The van der Waals surface area contributed by atoms with Crippen molar-refractivity contribution in [3.8, 4) is 5.75 Å². The largest absolute Gasteiger partial charge is 0.496 e. The van der Waals surface area contributed by atoms with Crippen molar-refractivity contribution >= 4 is 11.6 Å². The van der Waals surface area contributed by atoms with Crippen LogP contribution in [0.2, 0.25) is 5.02 Å². The van der Waals surface area contributed by atoms with Gasteiger partial charge in [-0.25, -0.2) is 0 Å². The molecule has 0 aliphatic heterocycles. The molecule has 1 aromatic carbocycles. The highest BCUT2D eigenvalue weighted by atomic mass is 35.5. The fraction of sp³-hybridized carbons (Fsp3) is 0.154. The second-order valence-corrected chi connectivity index (χ2v) is 4.01. The number of methoxy groups -OCH3 is 1. The molecule has 3 nitrogen and oxygen atoms in total. The Morgan fingerprint density at radius 3 is 2.82 bits per heavy atom. The van der Waals surface area contributed by atoms with Gasteiger partial charge in [-0.05, 0) is 18.2 Å². The van der Waals surface area contributed by atoms with Crippen LogP contribution in [0.25, 0.3) is 0 Å². The van der Waals surface area contributed by atoms with Crippen molar-refractivity contribution in [2.24, 2.45) is 0 Å². The summed E-state index contributed by atoms with van der Waals surface area (Å²) in [6, 6.07) is 8.74. The first-order valence-corrected chi connectivity index (χ1v) is 5.51. The number of aliphatic hydroxyl groups is 1. The van der Waals surface area contributed by atoms with Gasteiger partial charge in [-0.1, -0.05) is 23.7 Å². The van der Waals surface area contributed by atoms with Crippen LogP contribution in [-0.2, 0) is 0 Å². The second kappa shape index (κ2) is 5.17. The molecular formula is C13H12ClNO2. The average Bonchev–Trinajstić information content (AvgIpc) is 2.39. The topological polar surface area (TPSA) is 42.4 Å². The minimum Gasteiger partial charge on any atom is -0.496 e. The molecule has 0 unspecified atom stereocenters. The van der Waals surface area contributed by atoms with Crippen LogP contribution in [-0.4, -0.2) is 17.2 Å². The molecule has 1 N–H and O–H groups in total. The van der Waals surface area contributed by atoms with Gasteiger partial charge in [0.25, 0.3) is 0 Å². The molecule has 0 aliphatic carbocycles. The number of ether oxygens (including phenoxy) is 1. The van der Waals surface area contributed by atoms with Gasteiger partial charge in [0, 0.05) is 28.5 Å². The number of benzene rings is 1. The lowest BCUT2D eigenvalue weighted by Gasteiger charge is -2.14. The van der Waals surface area contributed by atoms with Gasteiger partial charge in [0.1, 0.15) is 11.9 Å². The molecule has 1 atom stereocenters. The predicted molar refractivity (Wildman–Crippen MR) is 66.3 cm³/mol. The molecule has 0 amide bonds. The zero-order chi connectivity index (χ0) is 12.3. The Labute approximate surface area is 105 Å². The molecule has 0 saturated heterocycles. The van der Waals surface area contributed by atoms with Crippen molar-refractivity contribution in [1.82, 2.24) is 4.98 Å². The summed E-state index contributed by atoms with van der Waals surface area (Å²) in [7, 11) is 1.55. The van der Waals surface area contributed by atoms with E-state index in [1.165, 1.54) is 0 Å². The molecular weight excluding hydrogens is 238 g/mol. The molecule has 0 aliphatic rings. The van der Waals surface area contributed by atoms with Crippen molar-refractivity contribution in [2.75, 3.05) is 7.11 Å². The molecule has 2 aromatic rings. The molecule has 4 heteroatoms. The lowest BCUT2D eigenvalue weighted by molar-refractivity contribution is 0.214. The molecule has 0 saturated carbocycles. The van der Waals surface area contributed by atoms with E-state index in [2.05, 4.69) is 4.98 Å². The highest BCUT2D eigenvalue weighted by Gasteiger charge is 2.15. The van der Waals surface area contributed by atoms with Crippen LogP contribution in [0, 0.1) is 0 Å². The van der Waals surface area contributed by atoms with E-state index in [4.69, 9.17) is 16.3 Å². The van der Waals surface area contributed by atoms with Gasteiger partial charge in [-0.3, -0.25) is 4.98 Å². The van der Waals surface area contributed by atoms with Gasteiger partial charge in [0.05, 0.1) is 7.11 Å². The standard InChI is InChI=1S/C13H12ClNO2/c1-17-12-7-10(14)4-5-11(12)13(16)9-3-2-6-15-8-9/h2-8,13,16H,1H3/t13-/m1/s1. The Morgan fingerprint density at radius 2 is 2.18 bits per heavy atom. The van der Waals surface area contributed by atoms with Gasteiger partial charge in [0.2, 0.25) is 0 Å². The number of pyridine rings is 1. The second-order valence-electron chi connectivity index (χ2n) is 3.58. The SMILES string of the molecule is COc1cc(Cl)ccc1[C@H](O)c1cccnc1. The van der Waals surface area contributed by atoms with Crippen LogP contribution in [0.4, 0.5) is 0 Å². The molecule has 0 bridgehead atoms. The van der Waals surface area contributed by atoms with E-state index < -0.39 is 6.10 Å². The van der Waals surface area contributed by atoms with Crippen LogP contribution in [0.5, 0.6) is 5.75 Å². The molecule has 0 radical (unpaired) electrons. The van der Waals surface area contributed by atoms with Crippen molar-refractivity contribution < 1.29 is 9.84 Å². The number of aromatic nitrogens is 1. The number of hydrogen-bond donors (Lipinski definition) is 1. The number of nitrogens with zero attached hydrogens (tertiary/aromatic N) is 1. The van der Waals surface area contributed by atoms with E-state index in [0.717, 1.165) is 0 Å². The average molecular weight is 250 g/mol. The van der Waals surface area contributed by atoms with Crippen LogP contribution >= 0.6 is 11.6 Å². The lowest BCUT2D eigenvalue weighted by atomic mass is 10.0. The predicted octanol–water partition coefficient (Wildman–Crippen LogP) is 2.83. The highest BCUT2D eigenvalue weighted by Crippen LogP contribution is 2.31. The first-order chi connectivity index (χ1) is 8.22. The third-order valence-corrected chi connectivity index (χ3v) is 2.73. The van der Waals surface area contributed by atoms with Crippen molar-refractivity contribution in [3.05, 3.63) is 58.9 Å². The minimum atomic E-state index is -0.768. The van der Waals surface area contributed by atoms with Crippen LogP contribution in [0.15, 0.2) is 42.7 Å². The minimum absolute atomic E-state index is 0.564. The van der Waals surface area contributed by atoms with Gasteiger partial charge < -0.3 is 9.84 Å². The summed E-state index contributed by atoms with van der Waals surface area (Å²) < 4.78 is 5.20. The Hall–Kier alpha value is -1.58. The molecule has 17 heavy (non-hydrogen) atoms. The molecule has 1 heterocycles. The van der Waals surface area contributed by atoms with E-state index >= 15 is 0 Å². The van der Waals surface area contributed by atoms with E-state index in [0.29, 0.717) is 21.9 Å². The third-order valence-electron chi connectivity index (χ3n) is 2.49. The summed E-state index contributed by atoms with van der Waals surface area (Å²) in [4.78, 5) is 3.98. The van der Waals surface area contributed by atoms with E-state index in [1.807, 2.05) is 6.07 Å². The van der Waals surface area contributed by atoms with E-state index in [1.54, 1.807) is 43.8 Å². The zero-order valence-electron chi connectivity index (χ0n) is 9.30. The maximum absolute atomic E-state index is 10.2. The smallest absolute Gasteiger partial charge is 0.126 e. The Morgan fingerprint density at radius 1 is 1.35 bits per heavy atom. The number of hydrogen-bond acceptors (Lipinski definition) is 3. The van der Waals surface area contributed by atoms with Crippen LogP contribution < -0.4 is 4.74 Å². The molecule has 0 fully saturated rings. The maximum Gasteiger partial charge on any atom is 0.126 e. The zero-order valence-corrected chi connectivity index (χ0v) is 10.1. The Kier molecular flexibility index (Phi) is 3.61. The fourth-order valence-electron chi connectivity index (χ4n) is 1.63. The molecule has 0 spiro atoms. The van der Waals surface area contributed by atoms with Gasteiger partial charge in [0.15, 0.2) is 0 Å². The summed E-state index contributed by atoms with van der Waals surface area (Å²) in [5, 5.41) is 10.8. The quantitative estimate of drug-likeness (QED) is 0.910. The molecule has 88 valence electrons. The van der Waals surface area contributed by atoms with Crippen molar-refractivity contribution in [2.45, 2.75) is 6.10 Å². The summed E-state index contributed by atoms with van der Waals surface area (Å²) in [5.74, 6) is 0.564. The molecule has 1 aromatic heterocycles. The van der Waals surface area contributed by atoms with E-state index in [9.17, 15) is 5.11 Å². The number of halogens is 1. The van der Waals surface area contributed by atoms with Crippen molar-refractivity contribution in [3.63, 3.8) is 0 Å². The van der Waals surface area contributed by atoms with E-state index in [-0.39, 0.29) is 0 Å². The van der Waals surface area contributed by atoms with Gasteiger partial charge in [-0.2, -0.15) is 0 Å². The summed E-state index contributed by atoms with van der Waals surface area (Å²) >= 11 is 5.87. The highest BCUT2D eigenvalue weighted by molar-refractivity contribution is 6.30. The molecule has 2 rings (SSSR count). The summed E-state index contributed by atoms with van der Waals surface area (Å²) in [6.45, 7) is 0. The summed E-state index contributed by atoms with van der Waals surface area (Å²) in [6.07, 6.45) is 2.52.